The van der Waals surface area contributed by atoms with Crippen molar-refractivity contribution >= 4 is 22.0 Å². The van der Waals surface area contributed by atoms with Gasteiger partial charge in [0.05, 0.1) is 18.1 Å². The zero-order valence-electron chi connectivity index (χ0n) is 15.9. The SMILES string of the molecule is O=C(/C=C/c1ccc(F)cc1)NCCc1ccc(S(=O)(=O)N2CCOCC2)cc1. The summed E-state index contributed by atoms with van der Waals surface area (Å²) in [5.74, 6) is -0.573. The number of carbonyl (C=O) groups is 1. The van der Waals surface area contributed by atoms with Crippen molar-refractivity contribution < 1.29 is 22.3 Å². The molecule has 6 nitrogen and oxygen atoms in total. The van der Waals surface area contributed by atoms with E-state index in [1.165, 1.54) is 22.5 Å². The van der Waals surface area contributed by atoms with Crippen molar-refractivity contribution in [3.05, 3.63) is 71.6 Å². The molecule has 3 rings (SSSR count). The predicted octanol–water partition coefficient (Wildman–Crippen LogP) is 2.22. The highest BCUT2D eigenvalue weighted by Gasteiger charge is 2.25. The van der Waals surface area contributed by atoms with Gasteiger partial charge in [-0.2, -0.15) is 4.31 Å². The number of amides is 1. The predicted molar refractivity (Wildman–Crippen MR) is 108 cm³/mol. The van der Waals surface area contributed by atoms with Gasteiger partial charge in [0.1, 0.15) is 5.82 Å². The Morgan fingerprint density at radius 1 is 1.07 bits per heavy atom. The summed E-state index contributed by atoms with van der Waals surface area (Å²) in [6, 6.07) is 12.5. The number of carbonyl (C=O) groups excluding carboxylic acids is 1. The van der Waals surface area contributed by atoms with E-state index in [1.807, 2.05) is 0 Å². The number of nitrogens with one attached hydrogen (secondary N) is 1. The highest BCUT2D eigenvalue weighted by molar-refractivity contribution is 7.89. The maximum Gasteiger partial charge on any atom is 0.244 e. The molecule has 0 atom stereocenters. The number of ether oxygens (including phenoxy) is 1. The van der Waals surface area contributed by atoms with Gasteiger partial charge < -0.3 is 10.1 Å². The van der Waals surface area contributed by atoms with Gasteiger partial charge in [-0.25, -0.2) is 12.8 Å². The van der Waals surface area contributed by atoms with E-state index in [9.17, 15) is 17.6 Å². The van der Waals surface area contributed by atoms with E-state index >= 15 is 0 Å². The van der Waals surface area contributed by atoms with Crippen LogP contribution in [0.2, 0.25) is 0 Å². The maximum absolute atomic E-state index is 12.9. The molecule has 0 radical (unpaired) electrons. The molecule has 0 bridgehead atoms. The summed E-state index contributed by atoms with van der Waals surface area (Å²) in [5, 5.41) is 2.77. The van der Waals surface area contributed by atoms with Crippen LogP contribution in [0.4, 0.5) is 4.39 Å². The van der Waals surface area contributed by atoms with E-state index in [0.29, 0.717) is 39.3 Å². The van der Waals surface area contributed by atoms with Crippen LogP contribution in [0.15, 0.2) is 59.5 Å². The van der Waals surface area contributed by atoms with Crippen molar-refractivity contribution in [2.75, 3.05) is 32.8 Å². The molecule has 1 heterocycles. The summed E-state index contributed by atoms with van der Waals surface area (Å²) >= 11 is 0. The summed E-state index contributed by atoms with van der Waals surface area (Å²) in [4.78, 5) is 12.1. The molecule has 0 unspecified atom stereocenters. The average Bonchev–Trinajstić information content (AvgIpc) is 2.74. The molecule has 2 aromatic carbocycles. The lowest BCUT2D eigenvalue weighted by Crippen LogP contribution is -2.40. The van der Waals surface area contributed by atoms with E-state index in [0.717, 1.165) is 11.1 Å². The molecule has 1 saturated heterocycles. The first-order valence-corrected chi connectivity index (χ1v) is 10.8. The molecule has 1 aliphatic rings. The van der Waals surface area contributed by atoms with Crippen molar-refractivity contribution in [2.24, 2.45) is 0 Å². The van der Waals surface area contributed by atoms with Crippen LogP contribution in [0, 0.1) is 5.82 Å². The minimum Gasteiger partial charge on any atom is -0.379 e. The van der Waals surface area contributed by atoms with Crippen molar-refractivity contribution in [2.45, 2.75) is 11.3 Å². The van der Waals surface area contributed by atoms with Crippen molar-refractivity contribution in [3.8, 4) is 0 Å². The molecule has 0 saturated carbocycles. The van der Waals surface area contributed by atoms with E-state index in [2.05, 4.69) is 5.32 Å². The summed E-state index contributed by atoms with van der Waals surface area (Å²) in [7, 11) is -3.50. The molecular weight excluding hydrogens is 395 g/mol. The number of sulfonamides is 1. The number of hydrogen-bond acceptors (Lipinski definition) is 4. The molecular formula is C21H23FN2O4S. The maximum atomic E-state index is 12.9. The van der Waals surface area contributed by atoms with Gasteiger partial charge >= 0.3 is 0 Å². The lowest BCUT2D eigenvalue weighted by Gasteiger charge is -2.26. The van der Waals surface area contributed by atoms with Gasteiger partial charge in [0.15, 0.2) is 0 Å². The largest absolute Gasteiger partial charge is 0.379 e. The Labute approximate surface area is 170 Å². The van der Waals surface area contributed by atoms with Crippen molar-refractivity contribution in [1.29, 1.82) is 0 Å². The molecule has 29 heavy (non-hydrogen) atoms. The molecule has 1 amide bonds. The van der Waals surface area contributed by atoms with Gasteiger partial charge in [-0.05, 0) is 47.9 Å². The Bertz CT molecular complexity index is 951. The Balaban J connectivity index is 1.48. The quantitative estimate of drug-likeness (QED) is 0.700. The Kier molecular flexibility index (Phi) is 7.13. The number of halogens is 1. The Morgan fingerprint density at radius 2 is 1.72 bits per heavy atom. The Hall–Kier alpha value is -2.55. The standard InChI is InChI=1S/C21H23FN2O4S/c22-19-6-1-17(2-7-19)5-10-21(25)23-12-11-18-3-8-20(9-4-18)29(26,27)24-13-15-28-16-14-24/h1-10H,11-16H2,(H,23,25)/b10-5+. The van der Waals surface area contributed by atoms with Crippen LogP contribution in [0.25, 0.3) is 6.08 Å². The molecule has 1 aliphatic heterocycles. The first kappa shape index (κ1) is 21.2. The molecule has 154 valence electrons. The minimum absolute atomic E-state index is 0.249. The number of hydrogen-bond donors (Lipinski definition) is 1. The Morgan fingerprint density at radius 3 is 2.38 bits per heavy atom. The van der Waals surface area contributed by atoms with Gasteiger partial charge in [-0.15, -0.1) is 0 Å². The van der Waals surface area contributed by atoms with Gasteiger partial charge in [0.2, 0.25) is 15.9 Å². The number of benzene rings is 2. The van der Waals surface area contributed by atoms with Gasteiger partial charge in [0, 0.05) is 25.7 Å². The van der Waals surface area contributed by atoms with Crippen LogP contribution in [0.3, 0.4) is 0 Å². The second-order valence-electron chi connectivity index (χ2n) is 6.59. The topological polar surface area (TPSA) is 75.7 Å². The summed E-state index contributed by atoms with van der Waals surface area (Å²) < 4.78 is 44.7. The highest BCUT2D eigenvalue weighted by Crippen LogP contribution is 2.17. The fourth-order valence-corrected chi connectivity index (χ4v) is 4.31. The molecule has 1 fully saturated rings. The number of nitrogens with zero attached hydrogens (tertiary/aromatic N) is 1. The third-order valence-electron chi connectivity index (χ3n) is 4.54. The summed E-state index contributed by atoms with van der Waals surface area (Å²) in [6.45, 7) is 1.96. The monoisotopic (exact) mass is 418 g/mol. The molecule has 0 aliphatic carbocycles. The molecule has 2 aromatic rings. The molecule has 0 aromatic heterocycles. The van der Waals surface area contributed by atoms with Crippen LogP contribution >= 0.6 is 0 Å². The van der Waals surface area contributed by atoms with Crippen LogP contribution in [-0.2, 0) is 26.0 Å². The average molecular weight is 418 g/mol. The van der Waals surface area contributed by atoms with Gasteiger partial charge in [0.25, 0.3) is 0 Å². The smallest absolute Gasteiger partial charge is 0.244 e. The van der Waals surface area contributed by atoms with Crippen molar-refractivity contribution in [3.63, 3.8) is 0 Å². The first-order chi connectivity index (χ1) is 13.9. The van der Waals surface area contributed by atoms with Crippen LogP contribution in [-0.4, -0.2) is 51.5 Å². The normalized spacial score (nSPS) is 15.5. The third kappa shape index (κ3) is 5.96. The lowest BCUT2D eigenvalue weighted by atomic mass is 10.1. The first-order valence-electron chi connectivity index (χ1n) is 9.33. The third-order valence-corrected chi connectivity index (χ3v) is 6.45. The number of morpholine rings is 1. The van der Waals surface area contributed by atoms with E-state index in [-0.39, 0.29) is 16.6 Å². The van der Waals surface area contributed by atoms with E-state index in [1.54, 1.807) is 42.5 Å². The molecule has 1 N–H and O–H groups in total. The highest BCUT2D eigenvalue weighted by atomic mass is 32.2. The lowest BCUT2D eigenvalue weighted by molar-refractivity contribution is -0.116. The van der Waals surface area contributed by atoms with E-state index < -0.39 is 10.0 Å². The van der Waals surface area contributed by atoms with Crippen LogP contribution < -0.4 is 5.32 Å². The zero-order valence-corrected chi connectivity index (χ0v) is 16.7. The number of rotatable bonds is 7. The zero-order chi connectivity index (χ0) is 20.7. The molecule has 8 heteroatoms. The molecule has 0 spiro atoms. The van der Waals surface area contributed by atoms with Gasteiger partial charge in [-0.1, -0.05) is 24.3 Å². The van der Waals surface area contributed by atoms with Crippen LogP contribution in [0.5, 0.6) is 0 Å². The fourth-order valence-electron chi connectivity index (χ4n) is 2.90. The summed E-state index contributed by atoms with van der Waals surface area (Å²) in [5.41, 5.74) is 1.66. The fraction of sp³-hybridized carbons (Fsp3) is 0.286. The van der Waals surface area contributed by atoms with Crippen LogP contribution in [0.1, 0.15) is 11.1 Å². The van der Waals surface area contributed by atoms with E-state index in [4.69, 9.17) is 4.74 Å². The second kappa shape index (κ2) is 9.78. The minimum atomic E-state index is -3.50. The summed E-state index contributed by atoms with van der Waals surface area (Å²) in [6.07, 6.45) is 3.58. The second-order valence-corrected chi connectivity index (χ2v) is 8.52. The van der Waals surface area contributed by atoms with Gasteiger partial charge in [-0.3, -0.25) is 4.79 Å². The van der Waals surface area contributed by atoms with Crippen molar-refractivity contribution in [1.82, 2.24) is 9.62 Å².